The van der Waals surface area contributed by atoms with Crippen LogP contribution in [0.2, 0.25) is 0 Å². The lowest BCUT2D eigenvalue weighted by Gasteiger charge is -1.87. The minimum atomic E-state index is 0.395. The second-order valence-electron chi connectivity index (χ2n) is 2.26. The molecule has 2 aliphatic carbocycles. The molecule has 0 bridgehead atoms. The van der Waals surface area contributed by atoms with E-state index in [1.54, 1.807) is 0 Å². The Labute approximate surface area is 52.0 Å². The lowest BCUT2D eigenvalue weighted by atomic mass is 10.5. The molecule has 0 amide bonds. The van der Waals surface area contributed by atoms with E-state index in [9.17, 15) is 0 Å². The number of hydrogen-bond acceptors (Lipinski definition) is 2. The average molecular weight is 120 g/mol. The zero-order valence-corrected chi connectivity index (χ0v) is 4.68. The summed E-state index contributed by atoms with van der Waals surface area (Å²) >= 11 is 0. The van der Waals surface area contributed by atoms with Gasteiger partial charge in [0.25, 0.3) is 0 Å². The normalized spacial score (nSPS) is 16.0. The summed E-state index contributed by atoms with van der Waals surface area (Å²) in [4.78, 5) is 0. The first-order valence-electron chi connectivity index (χ1n) is 2.89. The summed E-state index contributed by atoms with van der Waals surface area (Å²) in [5.74, 6) is 1.87. The summed E-state index contributed by atoms with van der Waals surface area (Å²) in [6.07, 6.45) is 0. The van der Waals surface area contributed by atoms with Gasteiger partial charge >= 0.3 is 0 Å². The molecule has 44 valence electrons. The highest BCUT2D eigenvalue weighted by molar-refractivity contribution is 5.91. The van der Waals surface area contributed by atoms with E-state index in [1.165, 1.54) is 11.1 Å². The second-order valence-corrected chi connectivity index (χ2v) is 2.26. The van der Waals surface area contributed by atoms with Crippen LogP contribution in [-0.4, -0.2) is 6.79 Å². The zero-order chi connectivity index (χ0) is 5.84. The molecule has 0 aromatic rings. The Morgan fingerprint density at radius 3 is 3.11 bits per heavy atom. The molecule has 3 aliphatic rings. The Morgan fingerprint density at radius 2 is 2.22 bits per heavy atom. The fourth-order valence-electron chi connectivity index (χ4n) is 1.18. The zero-order valence-electron chi connectivity index (χ0n) is 4.68. The van der Waals surface area contributed by atoms with Crippen LogP contribution in [0.3, 0.4) is 0 Å². The molecule has 1 aliphatic heterocycles. The SMILES string of the molecule is c1c2cc-2c2c1OCO2. The Kier molecular flexibility index (Phi) is 0.387. The summed E-state index contributed by atoms with van der Waals surface area (Å²) in [7, 11) is 0. The monoisotopic (exact) mass is 120 g/mol. The van der Waals surface area contributed by atoms with E-state index in [1.807, 2.05) is 6.07 Å². The van der Waals surface area contributed by atoms with Crippen molar-refractivity contribution in [1.82, 2.24) is 0 Å². The van der Waals surface area contributed by atoms with Crippen LogP contribution in [0.1, 0.15) is 0 Å². The molecule has 0 unspecified atom stereocenters. The molecular weight excluding hydrogens is 116 g/mol. The summed E-state index contributed by atoms with van der Waals surface area (Å²) < 4.78 is 10.3. The number of fused-ring (bicyclic) bond motifs is 3. The van der Waals surface area contributed by atoms with E-state index in [-0.39, 0.29) is 0 Å². The summed E-state index contributed by atoms with van der Waals surface area (Å²) in [6.45, 7) is 0.395. The van der Waals surface area contributed by atoms with Crippen molar-refractivity contribution in [2.45, 2.75) is 0 Å². The molecule has 0 N–H and O–H groups in total. The van der Waals surface area contributed by atoms with Gasteiger partial charge in [0.1, 0.15) is 0 Å². The maximum absolute atomic E-state index is 5.17. The van der Waals surface area contributed by atoms with Crippen LogP contribution in [0.5, 0.6) is 11.5 Å². The van der Waals surface area contributed by atoms with E-state index < -0.39 is 0 Å². The van der Waals surface area contributed by atoms with Crippen LogP contribution in [-0.2, 0) is 0 Å². The maximum atomic E-state index is 5.17. The van der Waals surface area contributed by atoms with Crippen molar-refractivity contribution in [1.29, 1.82) is 0 Å². The third-order valence-electron chi connectivity index (χ3n) is 1.70. The molecule has 0 saturated heterocycles. The number of benzene rings is 1. The van der Waals surface area contributed by atoms with E-state index in [0.29, 0.717) is 6.79 Å². The topological polar surface area (TPSA) is 18.5 Å². The predicted molar refractivity (Wildman–Crippen MR) is 31.6 cm³/mol. The molecule has 1 heterocycles. The fourth-order valence-corrected chi connectivity index (χ4v) is 1.18. The minimum absolute atomic E-state index is 0.395. The van der Waals surface area contributed by atoms with Crippen LogP contribution in [0.15, 0.2) is 12.1 Å². The van der Waals surface area contributed by atoms with Gasteiger partial charge in [0.2, 0.25) is 6.79 Å². The first-order valence-corrected chi connectivity index (χ1v) is 2.89. The largest absolute Gasteiger partial charge is 0.454 e. The first-order chi connectivity index (χ1) is 4.45. The van der Waals surface area contributed by atoms with E-state index in [4.69, 9.17) is 9.47 Å². The van der Waals surface area contributed by atoms with Gasteiger partial charge in [0.05, 0.1) is 0 Å². The maximum Gasteiger partial charge on any atom is 0.231 e. The van der Waals surface area contributed by atoms with Crippen LogP contribution >= 0.6 is 0 Å². The Balaban J connectivity index is 2.35. The molecule has 0 fully saturated rings. The van der Waals surface area contributed by atoms with Crippen molar-refractivity contribution in [3.63, 3.8) is 0 Å². The van der Waals surface area contributed by atoms with Gasteiger partial charge in [-0.1, -0.05) is 0 Å². The quantitative estimate of drug-likeness (QED) is 0.523. The van der Waals surface area contributed by atoms with Crippen LogP contribution in [0, 0.1) is 0 Å². The van der Waals surface area contributed by atoms with E-state index >= 15 is 0 Å². The predicted octanol–water partition coefficient (Wildman–Crippen LogP) is 1.40. The van der Waals surface area contributed by atoms with Crippen molar-refractivity contribution >= 4 is 0 Å². The second kappa shape index (κ2) is 0.923. The smallest absolute Gasteiger partial charge is 0.231 e. The standard InChI is InChI=1S/C7H4O2/c1-4-2-6-7(5(1)4)9-3-8-6/h1-2H,3H2. The van der Waals surface area contributed by atoms with Gasteiger partial charge in [-0.05, 0) is 17.7 Å². The molecule has 0 radical (unpaired) electrons. The van der Waals surface area contributed by atoms with Crippen LogP contribution in [0.25, 0.3) is 11.1 Å². The van der Waals surface area contributed by atoms with Crippen molar-refractivity contribution in [2.75, 3.05) is 6.79 Å². The van der Waals surface area contributed by atoms with Gasteiger partial charge in [-0.25, -0.2) is 0 Å². The Hall–Kier alpha value is -1.18. The number of ether oxygens (including phenoxy) is 2. The highest BCUT2D eigenvalue weighted by Gasteiger charge is 2.28. The number of hydrogen-bond donors (Lipinski definition) is 0. The molecule has 0 saturated carbocycles. The van der Waals surface area contributed by atoms with Gasteiger partial charge in [-0.2, -0.15) is 0 Å². The molecule has 2 nitrogen and oxygen atoms in total. The molecule has 0 spiro atoms. The van der Waals surface area contributed by atoms with Gasteiger partial charge in [0, 0.05) is 5.56 Å². The lowest BCUT2D eigenvalue weighted by molar-refractivity contribution is 0.174. The van der Waals surface area contributed by atoms with Gasteiger partial charge in [-0.15, -0.1) is 0 Å². The van der Waals surface area contributed by atoms with Gasteiger partial charge in [0.15, 0.2) is 11.5 Å². The molecule has 0 atom stereocenters. The molecule has 0 aromatic carbocycles. The molecule has 9 heavy (non-hydrogen) atoms. The summed E-state index contributed by atoms with van der Waals surface area (Å²) in [6, 6.07) is 4.10. The third kappa shape index (κ3) is 0.304. The third-order valence-corrected chi connectivity index (χ3v) is 1.70. The first kappa shape index (κ1) is 3.77. The van der Waals surface area contributed by atoms with E-state index in [0.717, 1.165) is 11.5 Å². The molecule has 3 rings (SSSR count). The van der Waals surface area contributed by atoms with Crippen molar-refractivity contribution in [3.05, 3.63) is 12.1 Å². The fraction of sp³-hybridized carbons (Fsp3) is 0.143. The van der Waals surface area contributed by atoms with Gasteiger partial charge < -0.3 is 9.47 Å². The Morgan fingerprint density at radius 1 is 1.22 bits per heavy atom. The Bertz CT molecular complexity index is 291. The number of rotatable bonds is 0. The summed E-state index contributed by atoms with van der Waals surface area (Å²) in [5, 5.41) is 0. The highest BCUT2D eigenvalue weighted by Crippen LogP contribution is 2.53. The molecule has 2 heteroatoms. The highest BCUT2D eigenvalue weighted by atomic mass is 16.7. The van der Waals surface area contributed by atoms with E-state index in [2.05, 4.69) is 6.07 Å². The summed E-state index contributed by atoms with van der Waals surface area (Å²) in [5.41, 5.74) is 2.52. The van der Waals surface area contributed by atoms with Crippen molar-refractivity contribution in [3.8, 4) is 22.6 Å². The molecular formula is C7H4O2. The van der Waals surface area contributed by atoms with Crippen molar-refractivity contribution in [2.24, 2.45) is 0 Å². The molecule has 0 aromatic heterocycles. The lowest BCUT2D eigenvalue weighted by Crippen LogP contribution is -1.93. The van der Waals surface area contributed by atoms with Crippen LogP contribution in [0.4, 0.5) is 0 Å². The van der Waals surface area contributed by atoms with Gasteiger partial charge in [-0.3, -0.25) is 0 Å². The van der Waals surface area contributed by atoms with Crippen LogP contribution < -0.4 is 9.47 Å². The minimum Gasteiger partial charge on any atom is -0.454 e. The average Bonchev–Trinajstić information content (AvgIpc) is 2.38. The van der Waals surface area contributed by atoms with Crippen molar-refractivity contribution < 1.29 is 9.47 Å².